The zero-order valence-electron chi connectivity index (χ0n) is 11.2. The molecule has 1 unspecified atom stereocenters. The van der Waals surface area contributed by atoms with Gasteiger partial charge in [-0.2, -0.15) is 5.10 Å². The molecule has 0 saturated heterocycles. The van der Waals surface area contributed by atoms with E-state index >= 15 is 0 Å². The predicted molar refractivity (Wildman–Crippen MR) is 71.1 cm³/mol. The van der Waals surface area contributed by atoms with Crippen molar-refractivity contribution in [2.24, 2.45) is 7.05 Å². The largest absolute Gasteiger partial charge is 0.378 e. The lowest BCUT2D eigenvalue weighted by atomic mass is 10.1. The van der Waals surface area contributed by atoms with Crippen LogP contribution in [0.1, 0.15) is 29.8 Å². The summed E-state index contributed by atoms with van der Waals surface area (Å²) >= 11 is 0. The summed E-state index contributed by atoms with van der Waals surface area (Å²) in [4.78, 5) is 0. The number of nitrogens with one attached hydrogen (secondary N) is 1. The van der Waals surface area contributed by atoms with Gasteiger partial charge in [-0.05, 0) is 44.5 Å². The number of anilines is 1. The third-order valence-electron chi connectivity index (χ3n) is 3.08. The molecule has 1 N–H and O–H groups in total. The van der Waals surface area contributed by atoms with Crippen LogP contribution in [0.15, 0.2) is 24.4 Å². The molecule has 2 aromatic rings. The lowest BCUT2D eigenvalue weighted by Crippen LogP contribution is -2.08. The van der Waals surface area contributed by atoms with Gasteiger partial charge in [-0.15, -0.1) is 0 Å². The first-order valence-corrected chi connectivity index (χ1v) is 6.00. The Morgan fingerprint density at radius 1 is 1.33 bits per heavy atom. The number of nitrogens with zero attached hydrogens (tertiary/aromatic N) is 2. The molecule has 1 heterocycles. The minimum atomic E-state index is -0.205. The molecule has 3 nitrogen and oxygen atoms in total. The van der Waals surface area contributed by atoms with Crippen LogP contribution in [0.25, 0.3) is 0 Å². The Morgan fingerprint density at radius 3 is 2.61 bits per heavy atom. The van der Waals surface area contributed by atoms with Gasteiger partial charge < -0.3 is 5.32 Å². The fraction of sp³-hybridized carbons (Fsp3) is 0.357. The van der Waals surface area contributed by atoms with Gasteiger partial charge in [-0.1, -0.05) is 0 Å². The first kappa shape index (κ1) is 12.6. The summed E-state index contributed by atoms with van der Waals surface area (Å²) in [6, 6.07) is 4.92. The van der Waals surface area contributed by atoms with E-state index in [0.29, 0.717) is 0 Å². The molecule has 1 atom stereocenters. The number of rotatable bonds is 3. The van der Waals surface area contributed by atoms with Gasteiger partial charge in [0.2, 0.25) is 0 Å². The van der Waals surface area contributed by atoms with Gasteiger partial charge in [0, 0.05) is 24.5 Å². The highest BCUT2D eigenvalue weighted by Gasteiger charge is 2.12. The summed E-state index contributed by atoms with van der Waals surface area (Å²) in [6.07, 6.45) is 2.01. The normalized spacial score (nSPS) is 12.5. The van der Waals surface area contributed by atoms with Gasteiger partial charge >= 0.3 is 0 Å². The molecule has 96 valence electrons. The van der Waals surface area contributed by atoms with Crippen LogP contribution in [0, 0.1) is 19.7 Å². The van der Waals surface area contributed by atoms with Crippen molar-refractivity contribution in [2.75, 3.05) is 5.32 Å². The van der Waals surface area contributed by atoms with Gasteiger partial charge in [0.25, 0.3) is 0 Å². The number of hydrogen-bond acceptors (Lipinski definition) is 2. The molecular weight excluding hydrogens is 229 g/mol. The van der Waals surface area contributed by atoms with Crippen LogP contribution in [0.3, 0.4) is 0 Å². The summed E-state index contributed by atoms with van der Waals surface area (Å²) in [5.74, 6) is -0.205. The third-order valence-corrected chi connectivity index (χ3v) is 3.08. The predicted octanol–water partition coefficient (Wildman–Crippen LogP) is 3.35. The molecule has 0 aliphatic carbocycles. The molecule has 0 radical (unpaired) electrons. The molecule has 1 aromatic heterocycles. The van der Waals surface area contributed by atoms with E-state index in [-0.39, 0.29) is 11.9 Å². The first-order valence-electron chi connectivity index (χ1n) is 6.00. The fourth-order valence-corrected chi connectivity index (χ4v) is 2.14. The van der Waals surface area contributed by atoms with Crippen LogP contribution < -0.4 is 5.32 Å². The van der Waals surface area contributed by atoms with Gasteiger partial charge in [-0.3, -0.25) is 4.68 Å². The molecular formula is C14H18FN3. The SMILES string of the molecule is Cc1cc(F)ccc1NC(C)c1cn(C)nc1C. The van der Waals surface area contributed by atoms with Crippen LogP contribution in [0.5, 0.6) is 0 Å². The topological polar surface area (TPSA) is 29.9 Å². The molecule has 0 spiro atoms. The van der Waals surface area contributed by atoms with E-state index in [2.05, 4.69) is 17.3 Å². The van der Waals surface area contributed by atoms with Gasteiger partial charge in [0.1, 0.15) is 5.82 Å². The molecule has 0 saturated carbocycles. The Labute approximate surface area is 107 Å². The highest BCUT2D eigenvalue weighted by molar-refractivity contribution is 5.52. The Morgan fingerprint density at radius 2 is 2.06 bits per heavy atom. The Kier molecular flexibility index (Phi) is 3.36. The maximum atomic E-state index is 13.0. The van der Waals surface area contributed by atoms with E-state index in [1.54, 1.807) is 10.7 Å². The standard InChI is InChI=1S/C14H18FN3/c1-9-7-12(15)5-6-14(9)16-10(2)13-8-18(4)17-11(13)3/h5-8,10,16H,1-4H3. The zero-order chi connectivity index (χ0) is 13.3. The van der Waals surface area contributed by atoms with Crippen LogP contribution in [0.2, 0.25) is 0 Å². The van der Waals surface area contributed by atoms with Crippen molar-refractivity contribution in [1.82, 2.24) is 9.78 Å². The number of benzene rings is 1. The second-order valence-electron chi connectivity index (χ2n) is 4.67. The van der Waals surface area contributed by atoms with Crippen LogP contribution >= 0.6 is 0 Å². The minimum absolute atomic E-state index is 0.142. The molecule has 0 bridgehead atoms. The highest BCUT2D eigenvalue weighted by Crippen LogP contribution is 2.24. The molecule has 0 aliphatic heterocycles. The second kappa shape index (κ2) is 4.80. The number of hydrogen-bond donors (Lipinski definition) is 1. The lowest BCUT2D eigenvalue weighted by Gasteiger charge is -2.16. The van der Waals surface area contributed by atoms with E-state index in [1.807, 2.05) is 27.1 Å². The van der Waals surface area contributed by atoms with Crippen molar-refractivity contribution in [1.29, 1.82) is 0 Å². The minimum Gasteiger partial charge on any atom is -0.378 e. The van der Waals surface area contributed by atoms with Crippen molar-refractivity contribution >= 4 is 5.69 Å². The number of aromatic nitrogens is 2. The lowest BCUT2D eigenvalue weighted by molar-refractivity contribution is 0.626. The smallest absolute Gasteiger partial charge is 0.123 e. The van der Waals surface area contributed by atoms with Gasteiger partial charge in [0.05, 0.1) is 11.7 Å². The maximum absolute atomic E-state index is 13.0. The van der Waals surface area contributed by atoms with E-state index < -0.39 is 0 Å². The van der Waals surface area contributed by atoms with E-state index in [4.69, 9.17) is 0 Å². The highest BCUT2D eigenvalue weighted by atomic mass is 19.1. The summed E-state index contributed by atoms with van der Waals surface area (Å²) < 4.78 is 14.8. The summed E-state index contributed by atoms with van der Waals surface area (Å²) in [5.41, 5.74) is 4.02. The number of halogens is 1. The monoisotopic (exact) mass is 247 g/mol. The zero-order valence-corrected chi connectivity index (χ0v) is 11.2. The van der Waals surface area contributed by atoms with E-state index in [0.717, 1.165) is 22.5 Å². The van der Waals surface area contributed by atoms with Crippen molar-refractivity contribution in [3.63, 3.8) is 0 Å². The van der Waals surface area contributed by atoms with Crippen LogP contribution in [0.4, 0.5) is 10.1 Å². The summed E-state index contributed by atoms with van der Waals surface area (Å²) in [7, 11) is 1.91. The Bertz CT molecular complexity index is 560. The summed E-state index contributed by atoms with van der Waals surface area (Å²) in [6.45, 7) is 5.96. The molecule has 2 rings (SSSR count). The fourth-order valence-electron chi connectivity index (χ4n) is 2.14. The van der Waals surface area contributed by atoms with Crippen LogP contribution in [-0.2, 0) is 7.05 Å². The Hall–Kier alpha value is -1.84. The van der Waals surface area contributed by atoms with Crippen molar-refractivity contribution in [3.05, 3.63) is 47.0 Å². The van der Waals surface area contributed by atoms with E-state index in [1.165, 1.54) is 12.1 Å². The second-order valence-corrected chi connectivity index (χ2v) is 4.67. The third kappa shape index (κ3) is 2.53. The molecule has 0 aliphatic rings. The molecule has 4 heteroatoms. The van der Waals surface area contributed by atoms with Crippen LogP contribution in [-0.4, -0.2) is 9.78 Å². The Balaban J connectivity index is 2.21. The average Bonchev–Trinajstić information content (AvgIpc) is 2.62. The molecule has 0 fully saturated rings. The average molecular weight is 247 g/mol. The quantitative estimate of drug-likeness (QED) is 0.901. The van der Waals surface area contributed by atoms with Gasteiger partial charge in [-0.25, -0.2) is 4.39 Å². The summed E-state index contributed by atoms with van der Waals surface area (Å²) in [5, 5.41) is 7.71. The molecule has 1 aromatic carbocycles. The molecule has 0 amide bonds. The van der Waals surface area contributed by atoms with Crippen molar-refractivity contribution in [3.8, 4) is 0 Å². The number of aryl methyl sites for hydroxylation is 3. The van der Waals surface area contributed by atoms with Crippen molar-refractivity contribution < 1.29 is 4.39 Å². The first-order chi connectivity index (χ1) is 8.47. The van der Waals surface area contributed by atoms with E-state index in [9.17, 15) is 4.39 Å². The molecule has 18 heavy (non-hydrogen) atoms. The maximum Gasteiger partial charge on any atom is 0.123 e. The van der Waals surface area contributed by atoms with Gasteiger partial charge in [0.15, 0.2) is 0 Å². The van der Waals surface area contributed by atoms with Crippen molar-refractivity contribution in [2.45, 2.75) is 26.8 Å².